The van der Waals surface area contributed by atoms with Crippen LogP contribution in [0.15, 0.2) is 24.3 Å². The number of nitrogens with one attached hydrogen (secondary N) is 1. The van der Waals surface area contributed by atoms with E-state index >= 15 is 0 Å². The van der Waals surface area contributed by atoms with Gasteiger partial charge < -0.3 is 4.90 Å². The highest BCUT2D eigenvalue weighted by atomic mass is 16.2. The van der Waals surface area contributed by atoms with Crippen LogP contribution < -0.4 is 5.32 Å². The molecule has 0 aliphatic carbocycles. The van der Waals surface area contributed by atoms with Gasteiger partial charge in [-0.3, -0.25) is 19.7 Å². The number of imide groups is 1. The molecule has 0 atom stereocenters. The van der Waals surface area contributed by atoms with Gasteiger partial charge in [0, 0.05) is 0 Å². The van der Waals surface area contributed by atoms with Crippen molar-refractivity contribution in [1.82, 2.24) is 10.2 Å². The molecular weight excluding hydrogens is 270 g/mol. The fourth-order valence-corrected chi connectivity index (χ4v) is 2.15. The van der Waals surface area contributed by atoms with Crippen LogP contribution in [0.2, 0.25) is 0 Å². The van der Waals surface area contributed by atoms with E-state index in [1.54, 1.807) is 38.1 Å². The number of hydrogen-bond acceptors (Lipinski definition) is 4. The average Bonchev–Trinajstić information content (AvgIpc) is 2.44. The Morgan fingerprint density at radius 1 is 1.33 bits per heavy atom. The highest BCUT2D eigenvalue weighted by Crippen LogP contribution is 2.19. The summed E-state index contributed by atoms with van der Waals surface area (Å²) >= 11 is 0. The van der Waals surface area contributed by atoms with E-state index in [1.165, 1.54) is 4.90 Å². The summed E-state index contributed by atoms with van der Waals surface area (Å²) in [6, 6.07) is 8.64. The zero-order valence-electron chi connectivity index (χ0n) is 11.8. The summed E-state index contributed by atoms with van der Waals surface area (Å²) in [6.45, 7) is 3.07. The van der Waals surface area contributed by atoms with Crippen molar-refractivity contribution in [3.8, 4) is 6.07 Å². The minimum atomic E-state index is -1.06. The van der Waals surface area contributed by atoms with Gasteiger partial charge in [-0.1, -0.05) is 12.1 Å². The molecule has 1 N–H and O–H groups in total. The Morgan fingerprint density at radius 3 is 2.52 bits per heavy atom. The standard InChI is InChI=1S/C15H15N3O3/c1-15(2)14(21)17-12(19)9-18(15)13(20)7-10-3-5-11(8-16)6-4-10/h3-6H,7,9H2,1-2H3,(H,17,19,21). The molecule has 0 spiro atoms. The number of carbonyl (C=O) groups is 3. The summed E-state index contributed by atoms with van der Waals surface area (Å²) in [4.78, 5) is 36.9. The minimum absolute atomic E-state index is 0.0791. The lowest BCUT2D eigenvalue weighted by atomic mass is 9.97. The molecule has 0 radical (unpaired) electrons. The predicted octanol–water partition coefficient (Wildman–Crippen LogP) is 0.364. The van der Waals surface area contributed by atoms with Crippen molar-refractivity contribution in [2.45, 2.75) is 25.8 Å². The number of piperazine rings is 1. The first kappa shape index (κ1) is 14.7. The Balaban J connectivity index is 2.16. The Labute approximate surface area is 122 Å². The Bertz CT molecular complexity index is 641. The molecule has 1 aliphatic heterocycles. The van der Waals surface area contributed by atoms with Crippen LogP contribution in [0.4, 0.5) is 0 Å². The normalized spacial score (nSPS) is 17.1. The Kier molecular flexibility index (Phi) is 3.76. The average molecular weight is 285 g/mol. The molecule has 6 nitrogen and oxygen atoms in total. The zero-order valence-corrected chi connectivity index (χ0v) is 11.8. The molecule has 0 saturated carbocycles. The van der Waals surface area contributed by atoms with Crippen molar-refractivity contribution in [3.05, 3.63) is 35.4 Å². The topological polar surface area (TPSA) is 90.3 Å². The second-order valence-electron chi connectivity index (χ2n) is 5.40. The first-order chi connectivity index (χ1) is 9.84. The molecule has 1 aliphatic rings. The van der Waals surface area contributed by atoms with Crippen molar-refractivity contribution in [2.75, 3.05) is 6.54 Å². The summed E-state index contributed by atoms with van der Waals surface area (Å²) in [6.07, 6.45) is 0.0791. The van der Waals surface area contributed by atoms with Gasteiger partial charge in [0.15, 0.2) is 0 Å². The smallest absolute Gasteiger partial charge is 0.252 e. The van der Waals surface area contributed by atoms with E-state index in [4.69, 9.17) is 5.26 Å². The number of carbonyl (C=O) groups excluding carboxylic acids is 3. The van der Waals surface area contributed by atoms with Crippen molar-refractivity contribution >= 4 is 17.7 Å². The number of nitriles is 1. The first-order valence-electron chi connectivity index (χ1n) is 6.48. The van der Waals surface area contributed by atoms with E-state index in [1.807, 2.05) is 6.07 Å². The van der Waals surface area contributed by atoms with E-state index < -0.39 is 17.4 Å². The Morgan fingerprint density at radius 2 is 1.95 bits per heavy atom. The molecule has 0 unspecified atom stereocenters. The molecule has 3 amide bonds. The molecular formula is C15H15N3O3. The van der Waals surface area contributed by atoms with E-state index in [0.717, 1.165) is 5.56 Å². The number of hydrogen-bond donors (Lipinski definition) is 1. The van der Waals surface area contributed by atoms with Crippen LogP contribution >= 0.6 is 0 Å². The van der Waals surface area contributed by atoms with E-state index in [-0.39, 0.29) is 18.9 Å². The van der Waals surface area contributed by atoms with Crippen LogP contribution in [0.3, 0.4) is 0 Å². The van der Waals surface area contributed by atoms with Gasteiger partial charge >= 0.3 is 0 Å². The van der Waals surface area contributed by atoms with Crippen LogP contribution in [0, 0.1) is 11.3 Å². The van der Waals surface area contributed by atoms with Crippen LogP contribution in [0.25, 0.3) is 0 Å². The summed E-state index contributed by atoms with van der Waals surface area (Å²) in [5.74, 6) is -1.26. The number of nitrogens with zero attached hydrogens (tertiary/aromatic N) is 2. The molecule has 2 rings (SSSR count). The van der Waals surface area contributed by atoms with Gasteiger partial charge in [0.1, 0.15) is 12.1 Å². The zero-order chi connectivity index (χ0) is 15.6. The van der Waals surface area contributed by atoms with Crippen LogP contribution in [0.1, 0.15) is 25.0 Å². The third-order valence-electron chi connectivity index (χ3n) is 3.52. The molecule has 1 heterocycles. The molecule has 1 saturated heterocycles. The SMILES string of the molecule is CC1(C)C(=O)NC(=O)CN1C(=O)Cc1ccc(C#N)cc1. The highest BCUT2D eigenvalue weighted by molar-refractivity contribution is 6.06. The largest absolute Gasteiger partial charge is 0.319 e. The quantitative estimate of drug-likeness (QED) is 0.795. The minimum Gasteiger partial charge on any atom is -0.319 e. The van der Waals surface area contributed by atoms with Crippen LogP contribution in [-0.4, -0.2) is 34.7 Å². The molecule has 0 aromatic heterocycles. The molecule has 1 aromatic rings. The summed E-state index contributed by atoms with van der Waals surface area (Å²) in [7, 11) is 0. The van der Waals surface area contributed by atoms with Crippen LogP contribution in [-0.2, 0) is 20.8 Å². The second-order valence-corrected chi connectivity index (χ2v) is 5.40. The van der Waals surface area contributed by atoms with E-state index in [2.05, 4.69) is 5.32 Å². The van der Waals surface area contributed by atoms with Crippen molar-refractivity contribution < 1.29 is 14.4 Å². The van der Waals surface area contributed by atoms with Gasteiger partial charge in [0.25, 0.3) is 5.91 Å². The Hall–Kier alpha value is -2.68. The number of benzene rings is 1. The number of amides is 3. The van der Waals surface area contributed by atoms with Crippen LogP contribution in [0.5, 0.6) is 0 Å². The molecule has 108 valence electrons. The molecule has 0 bridgehead atoms. The summed E-state index contributed by atoms with van der Waals surface area (Å²) < 4.78 is 0. The number of rotatable bonds is 2. The lowest BCUT2D eigenvalue weighted by molar-refractivity contribution is -0.155. The van der Waals surface area contributed by atoms with Gasteiger partial charge in [-0.2, -0.15) is 5.26 Å². The maximum atomic E-state index is 12.4. The monoisotopic (exact) mass is 285 g/mol. The van der Waals surface area contributed by atoms with Crippen molar-refractivity contribution in [2.24, 2.45) is 0 Å². The molecule has 1 aromatic carbocycles. The third kappa shape index (κ3) is 2.92. The fourth-order valence-electron chi connectivity index (χ4n) is 2.15. The van der Waals surface area contributed by atoms with Gasteiger partial charge in [-0.15, -0.1) is 0 Å². The molecule has 1 fully saturated rings. The lowest BCUT2D eigenvalue weighted by Crippen LogP contribution is -2.65. The lowest BCUT2D eigenvalue weighted by Gasteiger charge is -2.40. The molecule has 6 heteroatoms. The first-order valence-corrected chi connectivity index (χ1v) is 6.48. The van der Waals surface area contributed by atoms with Gasteiger partial charge in [0.2, 0.25) is 11.8 Å². The maximum Gasteiger partial charge on any atom is 0.252 e. The maximum absolute atomic E-state index is 12.4. The van der Waals surface area contributed by atoms with E-state index in [0.29, 0.717) is 5.56 Å². The van der Waals surface area contributed by atoms with E-state index in [9.17, 15) is 14.4 Å². The summed E-state index contributed by atoms with van der Waals surface area (Å²) in [5.41, 5.74) is 0.185. The highest BCUT2D eigenvalue weighted by Gasteiger charge is 2.43. The summed E-state index contributed by atoms with van der Waals surface area (Å²) in [5, 5.41) is 11.0. The van der Waals surface area contributed by atoms with Gasteiger partial charge in [-0.25, -0.2) is 0 Å². The van der Waals surface area contributed by atoms with Gasteiger partial charge in [-0.05, 0) is 31.5 Å². The van der Waals surface area contributed by atoms with Crippen molar-refractivity contribution in [3.63, 3.8) is 0 Å². The van der Waals surface area contributed by atoms with Crippen molar-refractivity contribution in [1.29, 1.82) is 5.26 Å². The third-order valence-corrected chi connectivity index (χ3v) is 3.52. The molecule has 21 heavy (non-hydrogen) atoms. The fraction of sp³-hybridized carbons (Fsp3) is 0.333. The van der Waals surface area contributed by atoms with Gasteiger partial charge in [0.05, 0.1) is 18.1 Å². The predicted molar refractivity (Wildman–Crippen MR) is 73.8 cm³/mol. The second kappa shape index (κ2) is 5.37.